The maximum absolute atomic E-state index is 4.16. The monoisotopic (exact) mass is 318 g/mol. The van der Waals surface area contributed by atoms with Gasteiger partial charge in [-0.1, -0.05) is 48.9 Å². The number of nitrogens with zero attached hydrogens (tertiary/aromatic N) is 2. The zero-order valence-electron chi connectivity index (χ0n) is 14.3. The molecule has 2 aliphatic heterocycles. The topological polar surface area (TPSA) is 16.1 Å². The van der Waals surface area contributed by atoms with E-state index < -0.39 is 0 Å². The molecule has 2 atom stereocenters. The van der Waals surface area contributed by atoms with Crippen molar-refractivity contribution in [2.45, 2.75) is 50.6 Å². The van der Waals surface area contributed by atoms with Crippen molar-refractivity contribution in [3.63, 3.8) is 0 Å². The van der Waals surface area contributed by atoms with E-state index in [-0.39, 0.29) is 0 Å². The van der Waals surface area contributed by atoms with E-state index in [1.165, 1.54) is 55.3 Å². The second-order valence-electron chi connectivity index (χ2n) is 7.12. The third-order valence-corrected chi connectivity index (χ3v) is 5.55. The summed E-state index contributed by atoms with van der Waals surface area (Å²) in [7, 11) is 0. The van der Waals surface area contributed by atoms with Crippen molar-refractivity contribution < 1.29 is 0 Å². The number of allylic oxidation sites excluding steroid dienone is 1. The van der Waals surface area contributed by atoms with E-state index in [0.717, 1.165) is 12.5 Å². The van der Waals surface area contributed by atoms with Gasteiger partial charge in [0.2, 0.25) is 0 Å². The SMILES string of the molecule is C(=Cc1ccc([C@H]2CC[C@H]3CCCCN32)cc1)Cc1cccnc1. The smallest absolute Gasteiger partial charge is 0.0351 e. The third kappa shape index (κ3) is 3.44. The molecule has 2 saturated heterocycles. The van der Waals surface area contributed by atoms with Crippen molar-refractivity contribution >= 4 is 6.08 Å². The number of rotatable bonds is 4. The number of piperidine rings is 1. The fourth-order valence-electron chi connectivity index (χ4n) is 4.30. The molecule has 2 nitrogen and oxygen atoms in total. The normalized spacial score (nSPS) is 24.3. The average Bonchev–Trinajstić information content (AvgIpc) is 3.07. The molecular formula is C22H26N2. The minimum atomic E-state index is 0.656. The van der Waals surface area contributed by atoms with E-state index >= 15 is 0 Å². The summed E-state index contributed by atoms with van der Waals surface area (Å²) in [6, 6.07) is 14.8. The van der Waals surface area contributed by atoms with Gasteiger partial charge < -0.3 is 0 Å². The van der Waals surface area contributed by atoms with Gasteiger partial charge in [0.25, 0.3) is 0 Å². The van der Waals surface area contributed by atoms with Gasteiger partial charge in [-0.3, -0.25) is 9.88 Å². The van der Waals surface area contributed by atoms with Crippen LogP contribution in [0.25, 0.3) is 6.08 Å². The molecule has 0 bridgehead atoms. The zero-order chi connectivity index (χ0) is 16.2. The van der Waals surface area contributed by atoms with Gasteiger partial charge in [0, 0.05) is 24.5 Å². The molecule has 1 aromatic carbocycles. The van der Waals surface area contributed by atoms with E-state index in [9.17, 15) is 0 Å². The molecule has 0 spiro atoms. The summed E-state index contributed by atoms with van der Waals surface area (Å²) in [5, 5.41) is 0. The van der Waals surface area contributed by atoms with Crippen molar-refractivity contribution in [3.8, 4) is 0 Å². The lowest BCUT2D eigenvalue weighted by Gasteiger charge is -2.34. The van der Waals surface area contributed by atoms with Crippen LogP contribution in [-0.2, 0) is 6.42 Å². The first-order valence-corrected chi connectivity index (χ1v) is 9.31. The maximum atomic E-state index is 4.16. The van der Waals surface area contributed by atoms with E-state index in [2.05, 4.69) is 52.4 Å². The lowest BCUT2D eigenvalue weighted by molar-refractivity contribution is 0.150. The van der Waals surface area contributed by atoms with Crippen molar-refractivity contribution in [2.75, 3.05) is 6.54 Å². The number of pyridine rings is 1. The van der Waals surface area contributed by atoms with Crippen molar-refractivity contribution in [2.24, 2.45) is 0 Å². The van der Waals surface area contributed by atoms with E-state index in [1.807, 2.05) is 18.5 Å². The average molecular weight is 318 g/mol. The molecule has 24 heavy (non-hydrogen) atoms. The molecule has 3 heterocycles. The Balaban J connectivity index is 1.39. The predicted molar refractivity (Wildman–Crippen MR) is 99.7 cm³/mol. The first kappa shape index (κ1) is 15.6. The van der Waals surface area contributed by atoms with Gasteiger partial charge in [-0.05, 0) is 61.4 Å². The van der Waals surface area contributed by atoms with Crippen LogP contribution in [0.2, 0.25) is 0 Å². The summed E-state index contributed by atoms with van der Waals surface area (Å²) < 4.78 is 0. The molecule has 0 amide bonds. The Bertz CT molecular complexity index is 675. The van der Waals surface area contributed by atoms with Crippen LogP contribution in [0.5, 0.6) is 0 Å². The van der Waals surface area contributed by atoms with Gasteiger partial charge >= 0.3 is 0 Å². The Kier molecular flexibility index (Phi) is 4.75. The summed E-state index contributed by atoms with van der Waals surface area (Å²) in [6.07, 6.45) is 16.1. The number of fused-ring (bicyclic) bond motifs is 1. The third-order valence-electron chi connectivity index (χ3n) is 5.55. The number of hydrogen-bond acceptors (Lipinski definition) is 2. The van der Waals surface area contributed by atoms with Gasteiger partial charge in [-0.15, -0.1) is 0 Å². The molecule has 0 unspecified atom stereocenters. The van der Waals surface area contributed by atoms with Crippen LogP contribution >= 0.6 is 0 Å². The highest BCUT2D eigenvalue weighted by Gasteiger charge is 2.35. The summed E-state index contributed by atoms with van der Waals surface area (Å²) in [4.78, 5) is 6.92. The van der Waals surface area contributed by atoms with Crippen LogP contribution in [0.4, 0.5) is 0 Å². The standard InChI is InChI=1S/C22H26N2/c1-2-16-24-21(8-1)13-14-22(24)20-11-9-18(10-12-20)5-3-6-19-7-4-15-23-17-19/h3-5,7,9-12,15,17,21-22H,1-2,6,8,13-14,16H2/t21-,22-/m1/s1. The molecule has 0 N–H and O–H groups in total. The Hall–Kier alpha value is -1.93. The van der Waals surface area contributed by atoms with Crippen LogP contribution in [0, 0.1) is 0 Å². The second kappa shape index (κ2) is 7.31. The Morgan fingerprint density at radius 3 is 2.79 bits per heavy atom. The van der Waals surface area contributed by atoms with Gasteiger partial charge in [0.1, 0.15) is 0 Å². The van der Waals surface area contributed by atoms with Gasteiger partial charge in [0.05, 0.1) is 0 Å². The molecule has 1 aromatic heterocycles. The molecule has 4 rings (SSSR count). The summed E-state index contributed by atoms with van der Waals surface area (Å²) in [6.45, 7) is 1.29. The van der Waals surface area contributed by atoms with Crippen LogP contribution in [0.3, 0.4) is 0 Å². The lowest BCUT2D eigenvalue weighted by atomic mass is 10.0. The van der Waals surface area contributed by atoms with Crippen LogP contribution < -0.4 is 0 Å². The van der Waals surface area contributed by atoms with Gasteiger partial charge in [-0.25, -0.2) is 0 Å². The van der Waals surface area contributed by atoms with Crippen molar-refractivity contribution in [1.29, 1.82) is 0 Å². The lowest BCUT2D eigenvalue weighted by Crippen LogP contribution is -2.35. The fraction of sp³-hybridized carbons (Fsp3) is 0.409. The first-order chi connectivity index (χ1) is 11.9. The zero-order valence-corrected chi connectivity index (χ0v) is 14.3. The molecule has 2 aromatic rings. The number of hydrogen-bond donors (Lipinski definition) is 0. The largest absolute Gasteiger partial charge is 0.293 e. The number of aromatic nitrogens is 1. The predicted octanol–water partition coefficient (Wildman–Crippen LogP) is 5.03. The van der Waals surface area contributed by atoms with Crippen molar-refractivity contribution in [1.82, 2.24) is 9.88 Å². The minimum Gasteiger partial charge on any atom is -0.293 e. The highest BCUT2D eigenvalue weighted by atomic mass is 15.2. The molecular weight excluding hydrogens is 292 g/mol. The minimum absolute atomic E-state index is 0.656. The molecule has 0 aliphatic carbocycles. The summed E-state index contributed by atoms with van der Waals surface area (Å²) in [5.74, 6) is 0. The fourth-order valence-corrected chi connectivity index (χ4v) is 4.30. The Labute approximate surface area is 145 Å². The van der Waals surface area contributed by atoms with Gasteiger partial charge in [-0.2, -0.15) is 0 Å². The molecule has 2 aliphatic rings. The Morgan fingerprint density at radius 2 is 1.96 bits per heavy atom. The summed E-state index contributed by atoms with van der Waals surface area (Å²) in [5.41, 5.74) is 4.05. The Morgan fingerprint density at radius 1 is 1.04 bits per heavy atom. The molecule has 0 radical (unpaired) electrons. The van der Waals surface area contributed by atoms with Crippen LogP contribution in [-0.4, -0.2) is 22.5 Å². The highest BCUT2D eigenvalue weighted by molar-refractivity contribution is 5.50. The van der Waals surface area contributed by atoms with Crippen LogP contribution in [0.1, 0.15) is 54.8 Å². The summed E-state index contributed by atoms with van der Waals surface area (Å²) >= 11 is 0. The molecule has 2 fully saturated rings. The quantitative estimate of drug-likeness (QED) is 0.786. The second-order valence-corrected chi connectivity index (χ2v) is 7.12. The number of benzene rings is 1. The van der Waals surface area contributed by atoms with Gasteiger partial charge in [0.15, 0.2) is 0 Å². The molecule has 2 heteroatoms. The highest BCUT2D eigenvalue weighted by Crippen LogP contribution is 2.40. The van der Waals surface area contributed by atoms with Crippen LogP contribution in [0.15, 0.2) is 54.9 Å². The molecule has 0 saturated carbocycles. The maximum Gasteiger partial charge on any atom is 0.0351 e. The van der Waals surface area contributed by atoms with E-state index in [4.69, 9.17) is 0 Å². The van der Waals surface area contributed by atoms with E-state index in [1.54, 1.807) is 0 Å². The first-order valence-electron chi connectivity index (χ1n) is 9.31. The van der Waals surface area contributed by atoms with Crippen molar-refractivity contribution in [3.05, 3.63) is 71.6 Å². The molecule has 124 valence electrons. The van der Waals surface area contributed by atoms with E-state index in [0.29, 0.717) is 6.04 Å².